The first-order valence-corrected chi connectivity index (χ1v) is 11.2. The van der Waals surface area contributed by atoms with E-state index in [0.717, 1.165) is 30.5 Å². The maximum Gasteiger partial charge on any atom is 0.253 e. The van der Waals surface area contributed by atoms with Gasteiger partial charge in [-0.05, 0) is 61.9 Å². The van der Waals surface area contributed by atoms with Gasteiger partial charge in [-0.1, -0.05) is 19.9 Å². The molecule has 0 saturated heterocycles. The highest BCUT2D eigenvalue weighted by molar-refractivity contribution is 5.97. The van der Waals surface area contributed by atoms with E-state index in [1.54, 1.807) is 23.6 Å². The normalized spacial score (nSPS) is 15.8. The second kappa shape index (κ2) is 8.10. The van der Waals surface area contributed by atoms with Crippen LogP contribution in [0.1, 0.15) is 71.7 Å². The van der Waals surface area contributed by atoms with Crippen molar-refractivity contribution in [2.24, 2.45) is 0 Å². The number of hydrogen-bond acceptors (Lipinski definition) is 3. The first kappa shape index (κ1) is 21.3. The highest BCUT2D eigenvalue weighted by Crippen LogP contribution is 2.35. The number of halogens is 2. The summed E-state index contributed by atoms with van der Waals surface area (Å²) in [4.78, 5) is 13.4. The molecule has 33 heavy (non-hydrogen) atoms. The lowest BCUT2D eigenvalue weighted by Gasteiger charge is -2.24. The number of aromatic nitrogens is 4. The second-order valence-corrected chi connectivity index (χ2v) is 8.87. The summed E-state index contributed by atoms with van der Waals surface area (Å²) >= 11 is 0. The number of amides is 1. The van der Waals surface area contributed by atoms with Crippen molar-refractivity contribution in [3.05, 3.63) is 76.4 Å². The van der Waals surface area contributed by atoms with Gasteiger partial charge in [0.1, 0.15) is 11.6 Å². The molecule has 1 aliphatic rings. The van der Waals surface area contributed by atoms with E-state index in [1.165, 1.54) is 18.2 Å². The van der Waals surface area contributed by atoms with Gasteiger partial charge in [0.05, 0.1) is 46.0 Å². The van der Waals surface area contributed by atoms with Crippen LogP contribution in [0.3, 0.4) is 0 Å². The lowest BCUT2D eigenvalue weighted by molar-refractivity contribution is 0.0929. The fourth-order valence-corrected chi connectivity index (χ4v) is 4.88. The Morgan fingerprint density at radius 3 is 2.67 bits per heavy atom. The molecule has 1 aromatic carbocycles. The van der Waals surface area contributed by atoms with Gasteiger partial charge in [0.25, 0.3) is 5.91 Å². The van der Waals surface area contributed by atoms with Gasteiger partial charge in [-0.25, -0.2) is 13.3 Å². The Hall–Kier alpha value is -3.55. The molecule has 6 nitrogen and oxygen atoms in total. The van der Waals surface area contributed by atoms with Crippen LogP contribution >= 0.6 is 0 Å². The van der Waals surface area contributed by atoms with E-state index in [9.17, 15) is 13.6 Å². The molecule has 3 heterocycles. The molecule has 1 aliphatic carbocycles. The molecule has 0 bridgehead atoms. The zero-order valence-electron chi connectivity index (χ0n) is 18.7. The van der Waals surface area contributed by atoms with Crippen molar-refractivity contribution in [1.82, 2.24) is 25.1 Å². The van der Waals surface area contributed by atoms with Crippen LogP contribution in [0.25, 0.3) is 16.6 Å². The number of aromatic amines is 1. The summed E-state index contributed by atoms with van der Waals surface area (Å²) in [7, 11) is 0. The van der Waals surface area contributed by atoms with Crippen LogP contribution in [0.2, 0.25) is 0 Å². The predicted molar refractivity (Wildman–Crippen MR) is 121 cm³/mol. The molecule has 4 aromatic rings. The van der Waals surface area contributed by atoms with Crippen LogP contribution in [0, 0.1) is 18.6 Å². The van der Waals surface area contributed by atoms with Crippen LogP contribution in [-0.4, -0.2) is 25.7 Å². The third-order valence-corrected chi connectivity index (χ3v) is 6.36. The topological polar surface area (TPSA) is 75.1 Å². The van der Waals surface area contributed by atoms with Crippen LogP contribution in [0.4, 0.5) is 8.78 Å². The molecule has 5 rings (SSSR count). The van der Waals surface area contributed by atoms with Gasteiger partial charge >= 0.3 is 0 Å². The third-order valence-electron chi connectivity index (χ3n) is 6.36. The molecule has 1 amide bonds. The number of carbonyl (C=O) groups excluding carboxylic acids is 1. The van der Waals surface area contributed by atoms with E-state index in [2.05, 4.69) is 20.6 Å². The molecule has 3 aromatic heterocycles. The van der Waals surface area contributed by atoms with Gasteiger partial charge < -0.3 is 5.32 Å². The minimum absolute atomic E-state index is 0.0545. The molecule has 2 N–H and O–H groups in total. The molecular formula is C25H25F2N5O. The summed E-state index contributed by atoms with van der Waals surface area (Å²) in [6.07, 6.45) is 4.57. The number of nitrogens with one attached hydrogen (secondary N) is 2. The number of benzene rings is 1. The molecule has 0 fully saturated rings. The Balaban J connectivity index is 1.61. The monoisotopic (exact) mass is 449 g/mol. The number of hydrogen-bond donors (Lipinski definition) is 2. The number of rotatable bonds is 4. The molecule has 8 heteroatoms. The van der Waals surface area contributed by atoms with Crippen LogP contribution in [0.15, 0.2) is 36.5 Å². The molecular weight excluding hydrogens is 424 g/mol. The van der Waals surface area contributed by atoms with Gasteiger partial charge in [-0.15, -0.1) is 0 Å². The van der Waals surface area contributed by atoms with E-state index in [4.69, 9.17) is 0 Å². The number of aryl methyl sites for hydroxylation is 2. The minimum Gasteiger partial charge on any atom is -0.344 e. The predicted octanol–water partition coefficient (Wildman–Crippen LogP) is 5.24. The van der Waals surface area contributed by atoms with Gasteiger partial charge in [0.15, 0.2) is 0 Å². The maximum absolute atomic E-state index is 14.6. The summed E-state index contributed by atoms with van der Waals surface area (Å²) in [6, 6.07) is 7.11. The average molecular weight is 450 g/mol. The van der Waals surface area contributed by atoms with Gasteiger partial charge in [-0.3, -0.25) is 9.89 Å². The van der Waals surface area contributed by atoms with Gasteiger partial charge in [0.2, 0.25) is 0 Å². The number of fused-ring (bicyclic) bond motifs is 2. The molecule has 170 valence electrons. The lowest BCUT2D eigenvalue weighted by Crippen LogP contribution is -2.32. The highest BCUT2D eigenvalue weighted by atomic mass is 19.1. The number of H-pyrrole nitrogens is 1. The first-order chi connectivity index (χ1) is 15.9. The number of pyridine rings is 1. The van der Waals surface area contributed by atoms with Crippen molar-refractivity contribution in [2.75, 3.05) is 0 Å². The Kier molecular flexibility index (Phi) is 5.23. The van der Waals surface area contributed by atoms with E-state index < -0.39 is 11.6 Å². The average Bonchev–Trinajstić information content (AvgIpc) is 3.38. The SMILES string of the molecule is Cc1nn2c(C(C)C)c(C(=O)NC3CCCc4cn[nH]c43)ccc2c1-c1c(F)cccc1F. The summed E-state index contributed by atoms with van der Waals surface area (Å²) in [5.41, 5.74) is 4.61. The summed E-state index contributed by atoms with van der Waals surface area (Å²) in [5, 5.41) is 14.9. The molecule has 0 spiro atoms. The largest absolute Gasteiger partial charge is 0.344 e. The smallest absolute Gasteiger partial charge is 0.253 e. The molecule has 1 unspecified atom stereocenters. The fraction of sp³-hybridized carbons (Fsp3) is 0.320. The minimum atomic E-state index is -0.645. The second-order valence-electron chi connectivity index (χ2n) is 8.87. The Morgan fingerprint density at radius 2 is 1.94 bits per heavy atom. The maximum atomic E-state index is 14.6. The van der Waals surface area contributed by atoms with Crippen molar-refractivity contribution < 1.29 is 13.6 Å². The Bertz CT molecular complexity index is 1350. The third kappa shape index (κ3) is 3.50. The van der Waals surface area contributed by atoms with E-state index in [0.29, 0.717) is 28.0 Å². The van der Waals surface area contributed by atoms with E-state index in [-0.39, 0.29) is 23.4 Å². The van der Waals surface area contributed by atoms with E-state index in [1.807, 2.05) is 20.0 Å². The van der Waals surface area contributed by atoms with Gasteiger partial charge in [-0.2, -0.15) is 10.2 Å². The van der Waals surface area contributed by atoms with Crippen molar-refractivity contribution in [3.63, 3.8) is 0 Å². The Morgan fingerprint density at radius 1 is 1.18 bits per heavy atom. The number of carbonyl (C=O) groups is 1. The van der Waals surface area contributed by atoms with Crippen molar-refractivity contribution in [2.45, 2.75) is 52.0 Å². The molecule has 0 radical (unpaired) electrons. The van der Waals surface area contributed by atoms with Crippen molar-refractivity contribution >= 4 is 11.4 Å². The summed E-state index contributed by atoms with van der Waals surface area (Å²) in [6.45, 7) is 5.67. The standard InChI is InChI=1S/C25H25F2N5O/c1-13(2)24-16(25(33)29-19-9-4-6-15-12-28-30-23(15)19)10-11-20-21(14(3)31-32(20)24)22-17(26)7-5-8-18(22)27/h5,7-8,10-13,19H,4,6,9H2,1-3H3,(H,28,30)(H,29,33). The lowest BCUT2D eigenvalue weighted by atomic mass is 9.93. The molecule has 0 aliphatic heterocycles. The summed E-state index contributed by atoms with van der Waals surface area (Å²) < 4.78 is 30.8. The zero-order valence-corrected chi connectivity index (χ0v) is 18.7. The first-order valence-electron chi connectivity index (χ1n) is 11.2. The zero-order chi connectivity index (χ0) is 23.3. The number of nitrogens with zero attached hydrogens (tertiary/aromatic N) is 3. The molecule has 0 saturated carbocycles. The van der Waals surface area contributed by atoms with E-state index >= 15 is 0 Å². The quantitative estimate of drug-likeness (QED) is 0.447. The Labute approximate surface area is 190 Å². The van der Waals surface area contributed by atoms with Crippen LogP contribution in [-0.2, 0) is 6.42 Å². The van der Waals surface area contributed by atoms with Gasteiger partial charge in [0, 0.05) is 5.56 Å². The highest BCUT2D eigenvalue weighted by Gasteiger charge is 2.27. The molecule has 1 atom stereocenters. The fourth-order valence-electron chi connectivity index (χ4n) is 4.88. The summed E-state index contributed by atoms with van der Waals surface area (Å²) in [5.74, 6) is -1.55. The van der Waals surface area contributed by atoms with Crippen molar-refractivity contribution in [3.8, 4) is 11.1 Å². The van der Waals surface area contributed by atoms with Crippen LogP contribution < -0.4 is 5.32 Å². The van der Waals surface area contributed by atoms with Crippen molar-refractivity contribution in [1.29, 1.82) is 0 Å². The van der Waals surface area contributed by atoms with Crippen LogP contribution in [0.5, 0.6) is 0 Å².